The number of benzene rings is 1. The molecule has 3 aromatic rings. The first-order valence-corrected chi connectivity index (χ1v) is 11.3. The van der Waals surface area contributed by atoms with E-state index in [1.807, 2.05) is 12.1 Å². The molecule has 5 rings (SSSR count). The highest BCUT2D eigenvalue weighted by atomic mass is 16.5. The number of piperidine rings is 1. The summed E-state index contributed by atoms with van der Waals surface area (Å²) in [4.78, 5) is 34.1. The first-order chi connectivity index (χ1) is 16.1. The van der Waals surface area contributed by atoms with Crippen molar-refractivity contribution < 1.29 is 14.3 Å². The second-order valence-electron chi connectivity index (χ2n) is 8.59. The number of aromatic amines is 2. The predicted molar refractivity (Wildman–Crippen MR) is 121 cm³/mol. The molecule has 174 valence electrons. The van der Waals surface area contributed by atoms with E-state index in [-0.39, 0.29) is 18.0 Å². The van der Waals surface area contributed by atoms with Crippen LogP contribution in [-0.4, -0.2) is 64.3 Å². The van der Waals surface area contributed by atoms with E-state index < -0.39 is 0 Å². The van der Waals surface area contributed by atoms with E-state index in [4.69, 9.17) is 9.47 Å². The van der Waals surface area contributed by atoms with Gasteiger partial charge in [0.05, 0.1) is 50.2 Å². The summed E-state index contributed by atoms with van der Waals surface area (Å²) in [6.07, 6.45) is 2.53. The largest absolute Gasteiger partial charge is 0.497 e. The van der Waals surface area contributed by atoms with E-state index in [9.17, 15) is 9.59 Å². The fourth-order valence-electron chi connectivity index (χ4n) is 4.65. The first-order valence-electron chi connectivity index (χ1n) is 11.3. The molecule has 0 aliphatic carbocycles. The highest BCUT2D eigenvalue weighted by Gasteiger charge is 2.25. The standard InChI is InChI=1S/C23H28N6O4/c1-32-15-2-3-16-19(10-15)27-28-22(16)14-4-7-29(8-5-14)12-21(30)24-11-20-25-18-6-9-33-13-17(18)23(31)26-20/h2-3,10,14H,4-9,11-13H2,1H3,(H,24,30)(H,27,28)(H,25,26,31). The van der Waals surface area contributed by atoms with Gasteiger partial charge in [-0.1, -0.05) is 0 Å². The molecule has 2 aromatic heterocycles. The van der Waals surface area contributed by atoms with Crippen LogP contribution in [0.2, 0.25) is 0 Å². The molecule has 0 saturated carbocycles. The van der Waals surface area contributed by atoms with Gasteiger partial charge in [-0.05, 0) is 38.1 Å². The van der Waals surface area contributed by atoms with Gasteiger partial charge in [0.25, 0.3) is 5.56 Å². The fraction of sp³-hybridized carbons (Fsp3) is 0.478. The fourth-order valence-corrected chi connectivity index (χ4v) is 4.65. The lowest BCUT2D eigenvalue weighted by Crippen LogP contribution is -2.41. The molecule has 0 bridgehead atoms. The van der Waals surface area contributed by atoms with E-state index in [1.54, 1.807) is 7.11 Å². The third-order valence-electron chi connectivity index (χ3n) is 6.49. The molecule has 4 heterocycles. The Morgan fingerprint density at radius 2 is 2.18 bits per heavy atom. The van der Waals surface area contributed by atoms with Crippen LogP contribution in [0, 0.1) is 0 Å². The van der Waals surface area contributed by atoms with Gasteiger partial charge in [-0.25, -0.2) is 4.98 Å². The van der Waals surface area contributed by atoms with E-state index in [0.717, 1.165) is 54.0 Å². The van der Waals surface area contributed by atoms with Crippen molar-refractivity contribution in [1.82, 2.24) is 30.4 Å². The van der Waals surface area contributed by atoms with Crippen molar-refractivity contribution in [2.75, 3.05) is 33.4 Å². The number of methoxy groups -OCH3 is 1. The summed E-state index contributed by atoms with van der Waals surface area (Å²) in [5, 5.41) is 11.7. The summed E-state index contributed by atoms with van der Waals surface area (Å²) in [5.74, 6) is 1.59. The van der Waals surface area contributed by atoms with Crippen molar-refractivity contribution in [2.24, 2.45) is 0 Å². The van der Waals surface area contributed by atoms with Gasteiger partial charge in [0.1, 0.15) is 11.6 Å². The third-order valence-corrected chi connectivity index (χ3v) is 6.49. The number of hydrogen-bond acceptors (Lipinski definition) is 7. The Morgan fingerprint density at radius 3 is 3.00 bits per heavy atom. The van der Waals surface area contributed by atoms with Gasteiger partial charge in [-0.3, -0.25) is 19.6 Å². The average molecular weight is 453 g/mol. The molecule has 10 heteroatoms. The average Bonchev–Trinajstić information content (AvgIpc) is 3.26. The lowest BCUT2D eigenvalue weighted by atomic mass is 9.91. The maximum absolute atomic E-state index is 12.5. The van der Waals surface area contributed by atoms with Crippen molar-refractivity contribution in [1.29, 1.82) is 0 Å². The Labute approximate surface area is 190 Å². The van der Waals surface area contributed by atoms with E-state index in [2.05, 4.69) is 36.4 Å². The molecule has 33 heavy (non-hydrogen) atoms. The molecule has 0 radical (unpaired) electrons. The Balaban J connectivity index is 1.13. The number of nitrogens with one attached hydrogen (secondary N) is 3. The van der Waals surface area contributed by atoms with Crippen molar-refractivity contribution >= 4 is 16.8 Å². The van der Waals surface area contributed by atoms with Crippen molar-refractivity contribution in [3.05, 3.63) is 51.3 Å². The molecular formula is C23H28N6O4. The Hall–Kier alpha value is -3.24. The van der Waals surface area contributed by atoms with Crippen LogP contribution in [-0.2, 0) is 29.1 Å². The van der Waals surface area contributed by atoms with Gasteiger partial charge in [-0.15, -0.1) is 0 Å². The minimum Gasteiger partial charge on any atom is -0.497 e. The third kappa shape index (κ3) is 4.62. The summed E-state index contributed by atoms with van der Waals surface area (Å²) in [6.45, 7) is 3.07. The highest BCUT2D eigenvalue weighted by Crippen LogP contribution is 2.32. The molecule has 1 fully saturated rings. The van der Waals surface area contributed by atoms with Crippen LogP contribution in [0.25, 0.3) is 10.9 Å². The van der Waals surface area contributed by atoms with Crippen LogP contribution in [0.1, 0.15) is 41.5 Å². The monoisotopic (exact) mass is 452 g/mol. The Kier molecular flexibility index (Phi) is 6.10. The number of rotatable bonds is 6. The molecule has 2 aliphatic heterocycles. The summed E-state index contributed by atoms with van der Waals surface area (Å²) >= 11 is 0. The zero-order chi connectivity index (χ0) is 22.8. The smallest absolute Gasteiger partial charge is 0.256 e. The van der Waals surface area contributed by atoms with Crippen LogP contribution in [0.15, 0.2) is 23.0 Å². The molecule has 0 unspecified atom stereocenters. The Morgan fingerprint density at radius 1 is 1.33 bits per heavy atom. The molecule has 0 spiro atoms. The van der Waals surface area contributed by atoms with Crippen LogP contribution in [0.5, 0.6) is 5.75 Å². The zero-order valence-corrected chi connectivity index (χ0v) is 18.6. The highest BCUT2D eigenvalue weighted by molar-refractivity contribution is 5.83. The first kappa shape index (κ1) is 21.6. The van der Waals surface area contributed by atoms with Gasteiger partial charge in [0, 0.05) is 29.5 Å². The summed E-state index contributed by atoms with van der Waals surface area (Å²) in [7, 11) is 1.65. The van der Waals surface area contributed by atoms with Crippen LogP contribution >= 0.6 is 0 Å². The van der Waals surface area contributed by atoms with Gasteiger partial charge >= 0.3 is 0 Å². The minimum atomic E-state index is -0.184. The number of likely N-dealkylation sites (tertiary alicyclic amines) is 1. The predicted octanol–water partition coefficient (Wildman–Crippen LogP) is 1.22. The second-order valence-corrected chi connectivity index (χ2v) is 8.59. The van der Waals surface area contributed by atoms with Crippen LogP contribution in [0.4, 0.5) is 0 Å². The van der Waals surface area contributed by atoms with E-state index >= 15 is 0 Å². The number of nitrogens with zero attached hydrogens (tertiary/aromatic N) is 3. The van der Waals surface area contributed by atoms with Crippen LogP contribution in [0.3, 0.4) is 0 Å². The minimum absolute atomic E-state index is 0.0729. The molecule has 1 aromatic carbocycles. The molecule has 10 nitrogen and oxygen atoms in total. The number of H-pyrrole nitrogens is 2. The molecule has 1 amide bonds. The number of ether oxygens (including phenoxy) is 2. The maximum atomic E-state index is 12.5. The molecule has 0 atom stereocenters. The summed E-state index contributed by atoms with van der Waals surface area (Å²) in [6, 6.07) is 5.95. The number of aromatic nitrogens is 4. The molecule has 2 aliphatic rings. The summed E-state index contributed by atoms with van der Waals surface area (Å²) in [5.41, 5.74) is 3.23. The number of hydrogen-bond donors (Lipinski definition) is 3. The molecular weight excluding hydrogens is 424 g/mol. The maximum Gasteiger partial charge on any atom is 0.256 e. The number of amides is 1. The second kappa shape index (κ2) is 9.32. The normalized spacial score (nSPS) is 17.1. The van der Waals surface area contributed by atoms with Gasteiger partial charge < -0.3 is 19.8 Å². The number of carbonyl (C=O) groups is 1. The Bertz CT molecular complexity index is 1210. The number of carbonyl (C=O) groups excluding carboxylic acids is 1. The van der Waals surface area contributed by atoms with Gasteiger partial charge in [0.15, 0.2) is 0 Å². The lowest BCUT2D eigenvalue weighted by Gasteiger charge is -2.31. The number of fused-ring (bicyclic) bond motifs is 2. The summed E-state index contributed by atoms with van der Waals surface area (Å²) < 4.78 is 10.6. The van der Waals surface area contributed by atoms with Gasteiger partial charge in [-0.2, -0.15) is 5.10 Å². The SMILES string of the molecule is COc1ccc2c(C3CCN(CC(=O)NCc4nc5c(c(=O)[nH]4)COCC5)CC3)[nH]nc2c1. The molecule has 3 N–H and O–H groups in total. The van der Waals surface area contributed by atoms with E-state index in [1.165, 1.54) is 0 Å². The van der Waals surface area contributed by atoms with Crippen LogP contribution < -0.4 is 15.6 Å². The van der Waals surface area contributed by atoms with Crippen molar-refractivity contribution in [3.8, 4) is 5.75 Å². The topological polar surface area (TPSA) is 125 Å². The quantitative estimate of drug-likeness (QED) is 0.514. The van der Waals surface area contributed by atoms with E-state index in [0.29, 0.717) is 43.5 Å². The lowest BCUT2D eigenvalue weighted by molar-refractivity contribution is -0.122. The van der Waals surface area contributed by atoms with Crippen molar-refractivity contribution in [2.45, 2.75) is 38.3 Å². The zero-order valence-electron chi connectivity index (χ0n) is 18.6. The van der Waals surface area contributed by atoms with Crippen molar-refractivity contribution in [3.63, 3.8) is 0 Å². The molecule has 1 saturated heterocycles. The van der Waals surface area contributed by atoms with Gasteiger partial charge in [0.2, 0.25) is 5.91 Å².